The van der Waals surface area contributed by atoms with Crippen LogP contribution in [0.1, 0.15) is 26.2 Å². The molecule has 0 aromatic heterocycles. The van der Waals surface area contributed by atoms with Crippen LogP contribution in [0.3, 0.4) is 0 Å². The molecule has 5 atom stereocenters. The summed E-state index contributed by atoms with van der Waals surface area (Å²) in [5.74, 6) is 1.52. The maximum Gasteiger partial charge on any atom is 0.120 e. The highest BCUT2D eigenvalue weighted by Crippen LogP contribution is 2.92. The van der Waals surface area contributed by atoms with Crippen LogP contribution >= 0.6 is 0 Å². The summed E-state index contributed by atoms with van der Waals surface area (Å²) in [6.07, 6.45) is 3.48. The van der Waals surface area contributed by atoms with E-state index in [0.717, 1.165) is 31.0 Å². The zero-order valence-electron chi connectivity index (χ0n) is 7.29. The third kappa shape index (κ3) is 0.434. The number of carbonyl (C=O) groups excluding carboxylic acids is 1. The Morgan fingerprint density at radius 1 is 1.67 bits per heavy atom. The van der Waals surface area contributed by atoms with Crippen LogP contribution in [0.25, 0.3) is 0 Å². The average Bonchev–Trinajstić information content (AvgIpc) is 2.81. The van der Waals surface area contributed by atoms with Crippen molar-refractivity contribution in [2.45, 2.75) is 32.3 Å². The molecule has 66 valence electrons. The van der Waals surface area contributed by atoms with Gasteiger partial charge in [0.25, 0.3) is 0 Å². The molecule has 0 aromatic carbocycles. The lowest BCUT2D eigenvalue weighted by Crippen LogP contribution is -2.22. The maximum absolute atomic E-state index is 10.5. The van der Waals surface area contributed by atoms with E-state index >= 15 is 0 Å². The second-order valence-electron chi connectivity index (χ2n) is 4.89. The minimum Gasteiger partial charge on any atom is -0.393 e. The molecule has 2 nitrogen and oxygen atoms in total. The zero-order valence-corrected chi connectivity index (χ0v) is 7.29. The number of carbonyl (C=O) groups is 1. The molecule has 1 spiro atoms. The highest BCUT2D eigenvalue weighted by molar-refractivity contribution is 5.56. The topological polar surface area (TPSA) is 37.3 Å². The third-order valence-corrected chi connectivity index (χ3v) is 4.94. The summed E-state index contributed by atoms with van der Waals surface area (Å²) >= 11 is 0. The van der Waals surface area contributed by atoms with E-state index in [1.54, 1.807) is 0 Å². The van der Waals surface area contributed by atoms with Crippen molar-refractivity contribution in [2.24, 2.45) is 22.7 Å². The van der Waals surface area contributed by atoms with Crippen molar-refractivity contribution in [3.63, 3.8) is 0 Å². The minimum atomic E-state index is -0.177. The maximum atomic E-state index is 10.5. The molecule has 3 aliphatic rings. The van der Waals surface area contributed by atoms with Crippen LogP contribution in [0.15, 0.2) is 0 Å². The van der Waals surface area contributed by atoms with E-state index < -0.39 is 0 Å². The van der Waals surface area contributed by atoms with Gasteiger partial charge in [-0.25, -0.2) is 0 Å². The molecule has 0 heterocycles. The Morgan fingerprint density at radius 3 is 2.92 bits per heavy atom. The summed E-state index contributed by atoms with van der Waals surface area (Å²) in [7, 11) is 0. The van der Waals surface area contributed by atoms with Gasteiger partial charge in [-0.05, 0) is 30.1 Å². The van der Waals surface area contributed by atoms with Crippen molar-refractivity contribution in [1.29, 1.82) is 0 Å². The summed E-state index contributed by atoms with van der Waals surface area (Å²) < 4.78 is 0. The number of rotatable bonds is 2. The predicted octanol–water partition coefficient (Wildman–Crippen LogP) is 0.982. The molecule has 0 saturated heterocycles. The molecule has 3 aliphatic carbocycles. The number of aliphatic hydroxyl groups excluding tert-OH is 1. The SMILES string of the molecule is CC1C2CC(O)C3(CC=O)CC123. The molecule has 3 saturated carbocycles. The molecule has 0 aromatic rings. The number of hydrogen-bond acceptors (Lipinski definition) is 2. The molecule has 0 amide bonds. The van der Waals surface area contributed by atoms with Gasteiger partial charge in [-0.2, -0.15) is 0 Å². The average molecular weight is 166 g/mol. The van der Waals surface area contributed by atoms with E-state index in [9.17, 15) is 9.90 Å². The van der Waals surface area contributed by atoms with E-state index in [1.807, 2.05) is 0 Å². The minimum absolute atomic E-state index is 0.0405. The van der Waals surface area contributed by atoms with E-state index in [2.05, 4.69) is 6.92 Å². The molecule has 12 heavy (non-hydrogen) atoms. The molecular weight excluding hydrogens is 152 g/mol. The fourth-order valence-electron chi connectivity index (χ4n) is 4.17. The van der Waals surface area contributed by atoms with Crippen molar-refractivity contribution >= 4 is 6.29 Å². The van der Waals surface area contributed by atoms with Gasteiger partial charge >= 0.3 is 0 Å². The van der Waals surface area contributed by atoms with Crippen LogP contribution in [0.5, 0.6) is 0 Å². The lowest BCUT2D eigenvalue weighted by atomic mass is 9.92. The quantitative estimate of drug-likeness (QED) is 0.621. The Bertz CT molecular complexity index is 263. The zero-order chi connectivity index (χ0) is 8.56. The molecule has 0 bridgehead atoms. The molecule has 3 fully saturated rings. The molecule has 3 rings (SSSR count). The smallest absolute Gasteiger partial charge is 0.120 e. The molecule has 1 N–H and O–H groups in total. The second-order valence-corrected chi connectivity index (χ2v) is 4.89. The summed E-state index contributed by atoms with van der Waals surface area (Å²) in [6.45, 7) is 2.27. The van der Waals surface area contributed by atoms with Gasteiger partial charge in [0, 0.05) is 11.8 Å². The Labute approximate surface area is 72.0 Å². The van der Waals surface area contributed by atoms with Gasteiger partial charge in [-0.1, -0.05) is 6.92 Å². The van der Waals surface area contributed by atoms with Crippen molar-refractivity contribution < 1.29 is 9.90 Å². The third-order valence-electron chi connectivity index (χ3n) is 4.94. The number of aldehydes is 1. The molecular formula is C10H14O2. The summed E-state index contributed by atoms with van der Waals surface area (Å²) in [6, 6.07) is 0. The first-order valence-electron chi connectivity index (χ1n) is 4.81. The molecule has 0 radical (unpaired) electrons. The Hall–Kier alpha value is -0.370. The van der Waals surface area contributed by atoms with Gasteiger partial charge in [0.1, 0.15) is 6.29 Å². The van der Waals surface area contributed by atoms with Gasteiger partial charge in [0.15, 0.2) is 0 Å². The van der Waals surface area contributed by atoms with Gasteiger partial charge < -0.3 is 9.90 Å². The van der Waals surface area contributed by atoms with Crippen LogP contribution in [-0.4, -0.2) is 17.5 Å². The monoisotopic (exact) mass is 166 g/mol. The lowest BCUT2D eigenvalue weighted by Gasteiger charge is -2.18. The molecule has 0 aliphatic heterocycles. The first-order chi connectivity index (χ1) is 5.69. The normalized spacial score (nSPS) is 65.3. The van der Waals surface area contributed by atoms with E-state index in [0.29, 0.717) is 11.8 Å². The van der Waals surface area contributed by atoms with Crippen LogP contribution in [0, 0.1) is 22.7 Å². The number of aliphatic hydroxyl groups is 1. The second kappa shape index (κ2) is 1.63. The first kappa shape index (κ1) is 7.07. The van der Waals surface area contributed by atoms with Gasteiger partial charge in [0.2, 0.25) is 0 Å². The van der Waals surface area contributed by atoms with Crippen LogP contribution in [0.2, 0.25) is 0 Å². The Morgan fingerprint density at radius 2 is 2.42 bits per heavy atom. The van der Waals surface area contributed by atoms with E-state index in [1.165, 1.54) is 0 Å². The van der Waals surface area contributed by atoms with Crippen molar-refractivity contribution in [3.05, 3.63) is 0 Å². The summed E-state index contributed by atoms with van der Waals surface area (Å²) in [4.78, 5) is 10.5. The van der Waals surface area contributed by atoms with Crippen molar-refractivity contribution in [1.82, 2.24) is 0 Å². The van der Waals surface area contributed by atoms with Crippen molar-refractivity contribution in [3.8, 4) is 0 Å². The summed E-state index contributed by atoms with van der Waals surface area (Å²) in [5.41, 5.74) is 0.464. The highest BCUT2D eigenvalue weighted by Gasteiger charge is 2.89. The van der Waals surface area contributed by atoms with Gasteiger partial charge in [-0.15, -0.1) is 0 Å². The first-order valence-corrected chi connectivity index (χ1v) is 4.81. The molecule has 2 heteroatoms. The highest BCUT2D eigenvalue weighted by atomic mass is 16.3. The lowest BCUT2D eigenvalue weighted by molar-refractivity contribution is -0.110. The standard InChI is InChI=1S/C10H14O2/c1-6-7-4-8(12)9(2-3-11)5-10(6,7)9/h3,6-8,12H,2,4-5H2,1H3. The largest absolute Gasteiger partial charge is 0.393 e. The van der Waals surface area contributed by atoms with Crippen LogP contribution < -0.4 is 0 Å². The summed E-state index contributed by atoms with van der Waals surface area (Å²) in [5, 5.41) is 9.78. The van der Waals surface area contributed by atoms with Crippen LogP contribution in [-0.2, 0) is 4.79 Å². The van der Waals surface area contributed by atoms with Crippen molar-refractivity contribution in [2.75, 3.05) is 0 Å². The van der Waals surface area contributed by atoms with E-state index in [4.69, 9.17) is 0 Å². The Balaban J connectivity index is 1.93. The number of hydrogen-bond donors (Lipinski definition) is 1. The van der Waals surface area contributed by atoms with Gasteiger partial charge in [-0.3, -0.25) is 0 Å². The van der Waals surface area contributed by atoms with Crippen LogP contribution in [0.4, 0.5) is 0 Å². The predicted molar refractivity (Wildman–Crippen MR) is 43.4 cm³/mol. The fourth-order valence-corrected chi connectivity index (χ4v) is 4.17. The molecule has 5 unspecified atom stereocenters. The van der Waals surface area contributed by atoms with E-state index in [-0.39, 0.29) is 11.5 Å². The fraction of sp³-hybridized carbons (Fsp3) is 0.900. The van der Waals surface area contributed by atoms with Gasteiger partial charge in [0.05, 0.1) is 6.10 Å². The Kier molecular flexibility index (Phi) is 0.958.